The van der Waals surface area contributed by atoms with Gasteiger partial charge in [-0.15, -0.1) is 0 Å². The highest BCUT2D eigenvalue weighted by atomic mass is 32.1. The number of nitrogens with zero attached hydrogens (tertiary/aromatic N) is 3. The van der Waals surface area contributed by atoms with Gasteiger partial charge in [-0.05, 0) is 6.92 Å². The molecule has 5 nitrogen and oxygen atoms in total. The van der Waals surface area contributed by atoms with Gasteiger partial charge in [-0.2, -0.15) is 0 Å². The molecule has 2 rings (SSSR count). The SMILES string of the molecule is Cc1nccn1Cc1cnc(NN)s1. The fourth-order valence-electron chi connectivity index (χ4n) is 1.19. The lowest BCUT2D eigenvalue weighted by Gasteiger charge is -2.00. The molecule has 0 aromatic carbocycles. The molecule has 2 aromatic heterocycles. The van der Waals surface area contributed by atoms with E-state index in [1.165, 1.54) is 0 Å². The molecule has 0 spiro atoms. The molecule has 0 amide bonds. The minimum Gasteiger partial charge on any atom is -0.330 e. The Hall–Kier alpha value is -1.40. The normalized spacial score (nSPS) is 10.4. The lowest BCUT2D eigenvalue weighted by Crippen LogP contribution is -2.05. The Morgan fingerprint density at radius 1 is 1.57 bits per heavy atom. The molecule has 0 fully saturated rings. The average Bonchev–Trinajstić information content (AvgIpc) is 2.77. The molecule has 14 heavy (non-hydrogen) atoms. The smallest absolute Gasteiger partial charge is 0.197 e. The number of imidazole rings is 1. The number of rotatable bonds is 3. The summed E-state index contributed by atoms with van der Waals surface area (Å²) in [5, 5.41) is 0.734. The second-order valence-electron chi connectivity index (χ2n) is 2.88. The molecule has 0 saturated heterocycles. The van der Waals surface area contributed by atoms with Crippen LogP contribution in [-0.4, -0.2) is 14.5 Å². The minimum atomic E-state index is 0.734. The largest absolute Gasteiger partial charge is 0.330 e. The van der Waals surface area contributed by atoms with E-state index >= 15 is 0 Å². The summed E-state index contributed by atoms with van der Waals surface area (Å²) < 4.78 is 2.06. The van der Waals surface area contributed by atoms with E-state index in [0.717, 1.165) is 22.4 Å². The zero-order valence-corrected chi connectivity index (χ0v) is 8.58. The predicted octanol–water partition coefficient (Wildman–Crippen LogP) is 0.982. The summed E-state index contributed by atoms with van der Waals surface area (Å²) in [6, 6.07) is 0. The molecule has 2 aromatic rings. The molecular formula is C8H11N5S. The molecule has 74 valence electrons. The molecule has 6 heteroatoms. The number of thiazole rings is 1. The summed E-state index contributed by atoms with van der Waals surface area (Å²) in [5.41, 5.74) is 2.52. The van der Waals surface area contributed by atoms with E-state index in [1.807, 2.05) is 19.3 Å². The van der Waals surface area contributed by atoms with Gasteiger partial charge in [0.05, 0.1) is 6.54 Å². The molecule has 2 heterocycles. The van der Waals surface area contributed by atoms with Crippen LogP contribution in [0.2, 0.25) is 0 Å². The topological polar surface area (TPSA) is 68.8 Å². The van der Waals surface area contributed by atoms with Gasteiger partial charge < -0.3 is 4.57 Å². The van der Waals surface area contributed by atoms with Gasteiger partial charge in [0, 0.05) is 23.5 Å². The Morgan fingerprint density at radius 3 is 3.00 bits per heavy atom. The van der Waals surface area contributed by atoms with Gasteiger partial charge >= 0.3 is 0 Å². The zero-order valence-electron chi connectivity index (χ0n) is 7.77. The number of aromatic nitrogens is 3. The van der Waals surface area contributed by atoms with Crippen molar-refractivity contribution in [3.05, 3.63) is 29.3 Å². The molecule has 3 N–H and O–H groups in total. The standard InChI is InChI=1S/C8H11N5S/c1-6-10-2-3-13(6)5-7-4-11-8(12-9)14-7/h2-4H,5,9H2,1H3,(H,11,12). The summed E-state index contributed by atoms with van der Waals surface area (Å²) in [6.07, 6.45) is 5.56. The van der Waals surface area contributed by atoms with Gasteiger partial charge in [-0.3, -0.25) is 5.43 Å². The second kappa shape index (κ2) is 3.77. The third-order valence-corrected chi connectivity index (χ3v) is 2.84. The number of nitrogens with one attached hydrogen (secondary N) is 1. The van der Waals surface area contributed by atoms with Crippen LogP contribution in [0.3, 0.4) is 0 Å². The van der Waals surface area contributed by atoms with E-state index in [9.17, 15) is 0 Å². The summed E-state index contributed by atoms with van der Waals surface area (Å²) in [5.74, 6) is 6.25. The van der Waals surface area contributed by atoms with Crippen LogP contribution in [0.5, 0.6) is 0 Å². The lowest BCUT2D eigenvalue weighted by atomic mass is 10.5. The maximum absolute atomic E-state index is 5.25. The van der Waals surface area contributed by atoms with E-state index in [1.54, 1.807) is 17.5 Å². The second-order valence-corrected chi connectivity index (χ2v) is 3.99. The molecule has 0 unspecified atom stereocenters. The first kappa shape index (κ1) is 9.17. The van der Waals surface area contributed by atoms with Crippen LogP contribution >= 0.6 is 11.3 Å². The lowest BCUT2D eigenvalue weighted by molar-refractivity contribution is 0.770. The maximum Gasteiger partial charge on any atom is 0.197 e. The molecule has 0 aliphatic heterocycles. The monoisotopic (exact) mass is 209 g/mol. The Balaban J connectivity index is 2.15. The van der Waals surface area contributed by atoms with Crippen molar-refractivity contribution in [3.63, 3.8) is 0 Å². The van der Waals surface area contributed by atoms with Crippen LogP contribution in [0.25, 0.3) is 0 Å². The number of hydrogen-bond acceptors (Lipinski definition) is 5. The number of anilines is 1. The summed E-state index contributed by atoms with van der Waals surface area (Å²) in [4.78, 5) is 9.39. The number of nitrogens with two attached hydrogens (primary N) is 1. The van der Waals surface area contributed by atoms with Gasteiger partial charge in [0.15, 0.2) is 5.13 Å². The average molecular weight is 209 g/mol. The highest BCUT2D eigenvalue weighted by Gasteiger charge is 2.02. The van der Waals surface area contributed by atoms with Crippen LogP contribution in [0.15, 0.2) is 18.6 Å². The first-order chi connectivity index (χ1) is 6.79. The van der Waals surface area contributed by atoms with Crippen molar-refractivity contribution in [2.45, 2.75) is 13.5 Å². The molecule has 0 atom stereocenters. The fraction of sp³-hybridized carbons (Fsp3) is 0.250. The molecule has 0 bridgehead atoms. The fourth-order valence-corrected chi connectivity index (χ4v) is 1.91. The Labute approximate surface area is 85.6 Å². The van der Waals surface area contributed by atoms with Crippen LogP contribution < -0.4 is 11.3 Å². The van der Waals surface area contributed by atoms with E-state index in [4.69, 9.17) is 5.84 Å². The molecular weight excluding hydrogens is 198 g/mol. The number of hydrogen-bond donors (Lipinski definition) is 2. The third kappa shape index (κ3) is 1.75. The highest BCUT2D eigenvalue weighted by molar-refractivity contribution is 7.15. The first-order valence-corrected chi connectivity index (χ1v) is 5.00. The van der Waals surface area contributed by atoms with E-state index in [-0.39, 0.29) is 0 Å². The summed E-state index contributed by atoms with van der Waals surface area (Å²) in [6.45, 7) is 2.77. The van der Waals surface area contributed by atoms with Crippen molar-refractivity contribution in [2.24, 2.45) is 5.84 Å². The van der Waals surface area contributed by atoms with Gasteiger partial charge in [-0.25, -0.2) is 15.8 Å². The van der Waals surface area contributed by atoms with Crippen LogP contribution in [-0.2, 0) is 6.54 Å². The van der Waals surface area contributed by atoms with Crippen LogP contribution in [0.1, 0.15) is 10.7 Å². The zero-order chi connectivity index (χ0) is 9.97. The van der Waals surface area contributed by atoms with Crippen molar-refractivity contribution >= 4 is 16.5 Å². The molecule has 0 saturated carbocycles. The predicted molar refractivity (Wildman–Crippen MR) is 56.0 cm³/mol. The number of aryl methyl sites for hydroxylation is 1. The number of nitrogen functional groups attached to an aromatic ring is 1. The highest BCUT2D eigenvalue weighted by Crippen LogP contribution is 2.18. The Kier molecular flexibility index (Phi) is 2.47. The van der Waals surface area contributed by atoms with Crippen molar-refractivity contribution in [3.8, 4) is 0 Å². The van der Waals surface area contributed by atoms with Crippen molar-refractivity contribution < 1.29 is 0 Å². The minimum absolute atomic E-state index is 0.734. The Bertz CT molecular complexity index is 419. The third-order valence-electron chi connectivity index (χ3n) is 1.93. The van der Waals surface area contributed by atoms with Gasteiger partial charge in [0.25, 0.3) is 0 Å². The molecule has 0 aliphatic carbocycles. The van der Waals surface area contributed by atoms with Gasteiger partial charge in [0.2, 0.25) is 0 Å². The Morgan fingerprint density at radius 2 is 2.43 bits per heavy atom. The van der Waals surface area contributed by atoms with Crippen molar-refractivity contribution in [2.75, 3.05) is 5.43 Å². The first-order valence-electron chi connectivity index (χ1n) is 4.18. The number of hydrazine groups is 1. The maximum atomic E-state index is 5.25. The van der Waals surface area contributed by atoms with E-state index < -0.39 is 0 Å². The summed E-state index contributed by atoms with van der Waals surface area (Å²) >= 11 is 1.54. The van der Waals surface area contributed by atoms with E-state index in [2.05, 4.69) is 20.0 Å². The quantitative estimate of drug-likeness (QED) is 0.584. The van der Waals surface area contributed by atoms with Crippen LogP contribution in [0.4, 0.5) is 5.13 Å². The van der Waals surface area contributed by atoms with Crippen LogP contribution in [0, 0.1) is 6.92 Å². The van der Waals surface area contributed by atoms with E-state index in [0.29, 0.717) is 0 Å². The van der Waals surface area contributed by atoms with Gasteiger partial charge in [-0.1, -0.05) is 11.3 Å². The molecule has 0 aliphatic rings. The molecule has 0 radical (unpaired) electrons. The van der Waals surface area contributed by atoms with Crippen molar-refractivity contribution in [1.82, 2.24) is 14.5 Å². The van der Waals surface area contributed by atoms with Crippen molar-refractivity contribution in [1.29, 1.82) is 0 Å². The van der Waals surface area contributed by atoms with Gasteiger partial charge in [0.1, 0.15) is 5.82 Å². The summed E-state index contributed by atoms with van der Waals surface area (Å²) in [7, 11) is 0.